The third-order valence-electron chi connectivity index (χ3n) is 4.27. The standard InChI is InChI=1S/C16H14FN5O/c1-9-2-4-13-11(9)6-12(15-21-19-8-22(13)15)16(23)20-14-5-3-10(17)7-18-14/h3,5-9H,2,4H2,1H3,(H,18,20,23)/t9-/m0/s1. The van der Waals surface area contributed by atoms with Crippen molar-refractivity contribution in [3.63, 3.8) is 0 Å². The first-order chi connectivity index (χ1) is 11.1. The summed E-state index contributed by atoms with van der Waals surface area (Å²) in [4.78, 5) is 16.4. The number of anilines is 1. The summed E-state index contributed by atoms with van der Waals surface area (Å²) in [6.07, 6.45) is 4.70. The maximum atomic E-state index is 12.9. The van der Waals surface area contributed by atoms with E-state index < -0.39 is 5.82 Å². The van der Waals surface area contributed by atoms with Crippen LogP contribution in [0, 0.1) is 5.82 Å². The number of hydrogen-bond acceptors (Lipinski definition) is 4. The summed E-state index contributed by atoms with van der Waals surface area (Å²) in [7, 11) is 0. The molecule has 1 N–H and O–H groups in total. The number of aromatic nitrogens is 4. The number of halogens is 1. The van der Waals surface area contributed by atoms with Crippen LogP contribution in [0.2, 0.25) is 0 Å². The number of aryl methyl sites for hydroxylation is 1. The minimum Gasteiger partial charge on any atom is -0.306 e. The first-order valence-electron chi connectivity index (χ1n) is 7.42. The Hall–Kier alpha value is -2.83. The van der Waals surface area contributed by atoms with Gasteiger partial charge in [0.05, 0.1) is 11.8 Å². The van der Waals surface area contributed by atoms with Crippen LogP contribution in [0.4, 0.5) is 10.2 Å². The minimum atomic E-state index is -0.450. The Morgan fingerprint density at radius 2 is 2.30 bits per heavy atom. The number of carbonyl (C=O) groups is 1. The average Bonchev–Trinajstić information content (AvgIpc) is 3.15. The normalized spacial score (nSPS) is 16.5. The lowest BCUT2D eigenvalue weighted by Crippen LogP contribution is -2.15. The predicted octanol–water partition coefficient (Wildman–Crippen LogP) is 2.57. The van der Waals surface area contributed by atoms with Crippen molar-refractivity contribution in [3.05, 3.63) is 53.4 Å². The fraction of sp³-hybridized carbons (Fsp3) is 0.250. The fourth-order valence-electron chi connectivity index (χ4n) is 3.06. The van der Waals surface area contributed by atoms with Crippen LogP contribution in [-0.4, -0.2) is 25.5 Å². The van der Waals surface area contributed by atoms with Gasteiger partial charge in [-0.15, -0.1) is 10.2 Å². The molecule has 0 saturated heterocycles. The van der Waals surface area contributed by atoms with Crippen molar-refractivity contribution in [2.24, 2.45) is 0 Å². The van der Waals surface area contributed by atoms with Gasteiger partial charge in [-0.3, -0.25) is 9.20 Å². The lowest BCUT2D eigenvalue weighted by atomic mass is 10.0. The summed E-state index contributed by atoms with van der Waals surface area (Å²) in [5.41, 5.74) is 3.28. The van der Waals surface area contributed by atoms with Crippen LogP contribution >= 0.6 is 0 Å². The number of nitrogens with zero attached hydrogens (tertiary/aromatic N) is 4. The topological polar surface area (TPSA) is 72.2 Å². The van der Waals surface area contributed by atoms with Gasteiger partial charge in [-0.25, -0.2) is 9.37 Å². The highest BCUT2D eigenvalue weighted by Crippen LogP contribution is 2.34. The van der Waals surface area contributed by atoms with Crippen LogP contribution < -0.4 is 5.32 Å². The van der Waals surface area contributed by atoms with Gasteiger partial charge in [0.1, 0.15) is 18.0 Å². The molecule has 1 atom stereocenters. The van der Waals surface area contributed by atoms with Gasteiger partial charge in [-0.2, -0.15) is 0 Å². The Balaban J connectivity index is 1.76. The van der Waals surface area contributed by atoms with Gasteiger partial charge in [0.25, 0.3) is 5.91 Å². The van der Waals surface area contributed by atoms with Crippen molar-refractivity contribution in [1.82, 2.24) is 19.6 Å². The largest absolute Gasteiger partial charge is 0.306 e. The quantitative estimate of drug-likeness (QED) is 0.789. The molecule has 1 aliphatic rings. The molecule has 0 unspecified atom stereocenters. The van der Waals surface area contributed by atoms with Crippen molar-refractivity contribution < 1.29 is 9.18 Å². The Morgan fingerprint density at radius 1 is 1.43 bits per heavy atom. The van der Waals surface area contributed by atoms with Gasteiger partial charge in [-0.1, -0.05) is 6.92 Å². The van der Waals surface area contributed by atoms with Crippen molar-refractivity contribution in [2.45, 2.75) is 25.7 Å². The predicted molar refractivity (Wildman–Crippen MR) is 81.9 cm³/mol. The van der Waals surface area contributed by atoms with Crippen LogP contribution in [0.5, 0.6) is 0 Å². The Morgan fingerprint density at radius 3 is 3.09 bits per heavy atom. The number of carbonyl (C=O) groups excluding carboxylic acids is 1. The van der Waals surface area contributed by atoms with E-state index in [0.29, 0.717) is 22.9 Å². The van der Waals surface area contributed by atoms with Gasteiger partial charge >= 0.3 is 0 Å². The molecular weight excluding hydrogens is 297 g/mol. The summed E-state index contributed by atoms with van der Waals surface area (Å²) in [6, 6.07) is 4.56. The molecule has 6 nitrogen and oxygen atoms in total. The fourth-order valence-corrected chi connectivity index (χ4v) is 3.06. The molecule has 0 spiro atoms. The Kier molecular flexibility index (Phi) is 3.07. The molecule has 0 aliphatic heterocycles. The van der Waals surface area contributed by atoms with E-state index in [-0.39, 0.29) is 5.91 Å². The number of nitrogens with one attached hydrogen (secondary N) is 1. The SMILES string of the molecule is C[C@H]1CCc2c1cc(C(=O)Nc1ccc(F)cn1)c1nncn21. The van der Waals surface area contributed by atoms with Gasteiger partial charge in [0.2, 0.25) is 0 Å². The van der Waals surface area contributed by atoms with E-state index in [2.05, 4.69) is 27.4 Å². The van der Waals surface area contributed by atoms with Gasteiger partial charge < -0.3 is 5.32 Å². The van der Waals surface area contributed by atoms with Crippen molar-refractivity contribution in [2.75, 3.05) is 5.32 Å². The van der Waals surface area contributed by atoms with Crippen molar-refractivity contribution in [1.29, 1.82) is 0 Å². The lowest BCUT2D eigenvalue weighted by Gasteiger charge is -2.11. The maximum Gasteiger partial charge on any atom is 0.260 e. The third-order valence-corrected chi connectivity index (χ3v) is 4.27. The first kappa shape index (κ1) is 13.8. The minimum absolute atomic E-state index is 0.294. The van der Waals surface area contributed by atoms with E-state index in [4.69, 9.17) is 0 Å². The summed E-state index contributed by atoms with van der Waals surface area (Å²) < 4.78 is 14.8. The molecule has 1 aliphatic carbocycles. The van der Waals surface area contributed by atoms with Crippen LogP contribution in [-0.2, 0) is 6.42 Å². The van der Waals surface area contributed by atoms with Crippen molar-refractivity contribution in [3.8, 4) is 0 Å². The molecule has 0 aromatic carbocycles. The Labute approximate surface area is 131 Å². The van der Waals surface area contributed by atoms with Gasteiger partial charge in [0, 0.05) is 5.69 Å². The number of amides is 1. The molecule has 116 valence electrons. The second kappa shape index (κ2) is 5.12. The highest BCUT2D eigenvalue weighted by Gasteiger charge is 2.25. The van der Waals surface area contributed by atoms with E-state index in [9.17, 15) is 9.18 Å². The van der Waals surface area contributed by atoms with E-state index in [1.54, 1.807) is 6.33 Å². The molecule has 0 bridgehead atoms. The molecule has 23 heavy (non-hydrogen) atoms. The highest BCUT2D eigenvalue weighted by atomic mass is 19.1. The van der Waals surface area contributed by atoms with Crippen molar-refractivity contribution >= 4 is 17.4 Å². The molecule has 3 heterocycles. The molecule has 7 heteroatoms. The molecule has 0 saturated carbocycles. The zero-order chi connectivity index (χ0) is 16.0. The second-order valence-corrected chi connectivity index (χ2v) is 5.74. The average molecular weight is 311 g/mol. The molecule has 0 radical (unpaired) electrons. The van der Waals surface area contributed by atoms with Crippen LogP contribution in [0.3, 0.4) is 0 Å². The van der Waals surface area contributed by atoms with E-state index in [1.165, 1.54) is 12.1 Å². The first-order valence-corrected chi connectivity index (χ1v) is 7.42. The van der Waals surface area contributed by atoms with Crippen LogP contribution in [0.25, 0.3) is 5.65 Å². The van der Waals surface area contributed by atoms with E-state index in [0.717, 1.165) is 30.3 Å². The maximum absolute atomic E-state index is 12.9. The van der Waals surface area contributed by atoms with Crippen LogP contribution in [0.15, 0.2) is 30.7 Å². The molecule has 0 fully saturated rings. The molecule has 3 aromatic heterocycles. The zero-order valence-corrected chi connectivity index (χ0v) is 12.5. The lowest BCUT2D eigenvalue weighted by molar-refractivity contribution is 0.102. The molecule has 4 rings (SSSR count). The second-order valence-electron chi connectivity index (χ2n) is 5.74. The zero-order valence-electron chi connectivity index (χ0n) is 12.5. The monoisotopic (exact) mass is 311 g/mol. The molecule has 3 aromatic rings. The number of pyridine rings is 2. The smallest absolute Gasteiger partial charge is 0.260 e. The Bertz CT molecular complexity index is 903. The van der Waals surface area contributed by atoms with Crippen LogP contribution in [0.1, 0.15) is 40.9 Å². The number of hydrogen-bond donors (Lipinski definition) is 1. The van der Waals surface area contributed by atoms with E-state index in [1.807, 2.05) is 10.5 Å². The summed E-state index contributed by atoms with van der Waals surface area (Å²) in [6.45, 7) is 2.14. The third kappa shape index (κ3) is 2.25. The van der Waals surface area contributed by atoms with E-state index >= 15 is 0 Å². The summed E-state index contributed by atoms with van der Waals surface area (Å²) in [5.74, 6) is -0.0897. The highest BCUT2D eigenvalue weighted by molar-refractivity contribution is 6.08. The molecular formula is C16H14FN5O. The van der Waals surface area contributed by atoms with Gasteiger partial charge in [0.15, 0.2) is 5.65 Å². The summed E-state index contributed by atoms with van der Waals surface area (Å²) >= 11 is 0. The molecule has 1 amide bonds. The summed E-state index contributed by atoms with van der Waals surface area (Å²) in [5, 5.41) is 10.7. The van der Waals surface area contributed by atoms with Gasteiger partial charge in [-0.05, 0) is 42.5 Å². The number of fused-ring (bicyclic) bond motifs is 3. The number of rotatable bonds is 2.